The van der Waals surface area contributed by atoms with Crippen LogP contribution in [0.2, 0.25) is 0 Å². The van der Waals surface area contributed by atoms with Gasteiger partial charge in [0.2, 0.25) is 0 Å². The zero-order chi connectivity index (χ0) is 26.1. The van der Waals surface area contributed by atoms with E-state index in [4.69, 9.17) is 9.47 Å². The average molecular weight is 498 g/mol. The van der Waals surface area contributed by atoms with Crippen molar-refractivity contribution in [2.75, 3.05) is 12.0 Å². The molecule has 3 aromatic carbocycles. The van der Waals surface area contributed by atoms with E-state index in [0.717, 1.165) is 25.7 Å². The van der Waals surface area contributed by atoms with Gasteiger partial charge in [-0.3, -0.25) is 14.5 Å². The Morgan fingerprint density at radius 3 is 2.19 bits per heavy atom. The van der Waals surface area contributed by atoms with Crippen LogP contribution in [0.5, 0.6) is 11.5 Å². The van der Waals surface area contributed by atoms with Crippen LogP contribution >= 0.6 is 0 Å². The minimum Gasteiger partial charge on any atom is -0.507 e. The van der Waals surface area contributed by atoms with Crippen LogP contribution in [0.25, 0.3) is 5.76 Å². The highest BCUT2D eigenvalue weighted by Gasteiger charge is 2.47. The second kappa shape index (κ2) is 10.1. The molecule has 1 atom stereocenters. The summed E-state index contributed by atoms with van der Waals surface area (Å²) in [7, 11) is 1.58. The molecule has 1 heterocycles. The molecule has 1 aliphatic carbocycles. The van der Waals surface area contributed by atoms with Crippen molar-refractivity contribution in [1.29, 1.82) is 0 Å². The van der Waals surface area contributed by atoms with Crippen LogP contribution in [-0.2, 0) is 22.4 Å². The second-order valence-electron chi connectivity index (χ2n) is 9.79. The zero-order valence-corrected chi connectivity index (χ0v) is 21.4. The number of carbonyl (C=O) groups is 2. The SMILES string of the molecule is COc1ccc(C2/C(=C(/O)c3ccc4c(c3)CCCC4)C(=O)C(=O)N2c2ccc(OC(C)C)cc2)cc1. The molecule has 0 aromatic heterocycles. The van der Waals surface area contributed by atoms with E-state index in [2.05, 4.69) is 0 Å². The van der Waals surface area contributed by atoms with Crippen molar-refractivity contribution in [2.24, 2.45) is 0 Å². The number of ketones is 1. The molecule has 1 amide bonds. The summed E-state index contributed by atoms with van der Waals surface area (Å²) in [5.74, 6) is -0.220. The first-order valence-electron chi connectivity index (χ1n) is 12.7. The lowest BCUT2D eigenvalue weighted by molar-refractivity contribution is -0.132. The van der Waals surface area contributed by atoms with Gasteiger partial charge in [-0.15, -0.1) is 0 Å². The number of nitrogens with zero attached hydrogens (tertiary/aromatic N) is 1. The van der Waals surface area contributed by atoms with Crippen molar-refractivity contribution in [2.45, 2.75) is 51.7 Å². The number of anilines is 1. The number of rotatable bonds is 6. The number of hydrogen-bond acceptors (Lipinski definition) is 5. The third-order valence-electron chi connectivity index (χ3n) is 6.98. The summed E-state index contributed by atoms with van der Waals surface area (Å²) in [4.78, 5) is 28.3. The van der Waals surface area contributed by atoms with Crippen LogP contribution in [0.4, 0.5) is 5.69 Å². The van der Waals surface area contributed by atoms with E-state index in [-0.39, 0.29) is 17.4 Å². The molecule has 190 valence electrons. The topological polar surface area (TPSA) is 76.1 Å². The number of Topliss-reactive ketones (excluding diaryl/α,β-unsaturated/α-hetero) is 1. The molecule has 37 heavy (non-hydrogen) atoms. The Bertz CT molecular complexity index is 1360. The third kappa shape index (κ3) is 4.71. The highest BCUT2D eigenvalue weighted by molar-refractivity contribution is 6.51. The monoisotopic (exact) mass is 497 g/mol. The maximum atomic E-state index is 13.5. The van der Waals surface area contributed by atoms with Crippen LogP contribution in [-0.4, -0.2) is 30.0 Å². The number of carbonyl (C=O) groups excluding carboxylic acids is 2. The van der Waals surface area contributed by atoms with Gasteiger partial charge in [-0.05, 0) is 98.7 Å². The summed E-state index contributed by atoms with van der Waals surface area (Å²) in [6, 6.07) is 19.3. The van der Waals surface area contributed by atoms with Crippen molar-refractivity contribution in [3.8, 4) is 11.5 Å². The van der Waals surface area contributed by atoms with E-state index in [1.165, 1.54) is 16.0 Å². The number of methoxy groups -OCH3 is 1. The van der Waals surface area contributed by atoms with Gasteiger partial charge in [-0.1, -0.05) is 24.3 Å². The van der Waals surface area contributed by atoms with Crippen LogP contribution in [0.1, 0.15) is 55.0 Å². The van der Waals surface area contributed by atoms with Crippen molar-refractivity contribution < 1.29 is 24.2 Å². The number of aliphatic hydroxyl groups excluding tert-OH is 1. The highest BCUT2D eigenvalue weighted by atomic mass is 16.5. The van der Waals surface area contributed by atoms with Gasteiger partial charge in [-0.25, -0.2) is 0 Å². The summed E-state index contributed by atoms with van der Waals surface area (Å²) in [6.07, 6.45) is 4.22. The van der Waals surface area contributed by atoms with Crippen LogP contribution in [0.15, 0.2) is 72.3 Å². The minimum absolute atomic E-state index is 0.0102. The molecule has 1 N–H and O–H groups in total. The van der Waals surface area contributed by atoms with Gasteiger partial charge in [0.1, 0.15) is 17.3 Å². The van der Waals surface area contributed by atoms with Gasteiger partial charge < -0.3 is 14.6 Å². The largest absolute Gasteiger partial charge is 0.507 e. The predicted molar refractivity (Wildman–Crippen MR) is 143 cm³/mol. The standard InChI is InChI=1S/C31H31NO5/c1-19(2)37-26-16-12-24(13-17-26)32-28(21-10-14-25(36-3)15-11-21)27(30(34)31(32)35)29(33)23-9-8-20-6-4-5-7-22(20)18-23/h8-19,28,33H,4-7H2,1-3H3/b29-27-. The van der Waals surface area contributed by atoms with E-state index < -0.39 is 17.7 Å². The highest BCUT2D eigenvalue weighted by Crippen LogP contribution is 2.43. The van der Waals surface area contributed by atoms with Gasteiger partial charge in [0.15, 0.2) is 0 Å². The van der Waals surface area contributed by atoms with Crippen LogP contribution in [0, 0.1) is 0 Å². The Morgan fingerprint density at radius 2 is 1.54 bits per heavy atom. The molecule has 0 bridgehead atoms. The van der Waals surface area contributed by atoms with E-state index in [9.17, 15) is 14.7 Å². The molecule has 0 radical (unpaired) electrons. The first-order valence-corrected chi connectivity index (χ1v) is 12.7. The molecule has 1 saturated heterocycles. The number of aliphatic hydroxyl groups is 1. The minimum atomic E-state index is -0.793. The quantitative estimate of drug-likeness (QED) is 0.257. The molecule has 5 rings (SSSR count). The summed E-state index contributed by atoms with van der Waals surface area (Å²) < 4.78 is 11.0. The number of fused-ring (bicyclic) bond motifs is 1. The molecular formula is C31H31NO5. The average Bonchev–Trinajstić information content (AvgIpc) is 3.18. The van der Waals surface area contributed by atoms with E-state index in [1.54, 1.807) is 43.5 Å². The number of ether oxygens (including phenoxy) is 2. The van der Waals surface area contributed by atoms with Crippen molar-refractivity contribution in [3.63, 3.8) is 0 Å². The van der Waals surface area contributed by atoms with E-state index in [0.29, 0.717) is 28.3 Å². The number of hydrogen-bond donors (Lipinski definition) is 1. The summed E-state index contributed by atoms with van der Waals surface area (Å²) in [5.41, 5.74) is 4.33. The fourth-order valence-corrected chi connectivity index (χ4v) is 5.19. The molecule has 1 fully saturated rings. The van der Waals surface area contributed by atoms with Gasteiger partial charge in [0.05, 0.1) is 24.8 Å². The first kappa shape index (κ1) is 24.6. The Hall–Kier alpha value is -4.06. The zero-order valence-electron chi connectivity index (χ0n) is 21.4. The molecule has 2 aliphatic rings. The summed E-state index contributed by atoms with van der Waals surface area (Å²) in [6.45, 7) is 3.88. The Morgan fingerprint density at radius 1 is 0.892 bits per heavy atom. The smallest absolute Gasteiger partial charge is 0.300 e. The first-order chi connectivity index (χ1) is 17.9. The van der Waals surface area contributed by atoms with Crippen LogP contribution < -0.4 is 14.4 Å². The second-order valence-corrected chi connectivity index (χ2v) is 9.79. The lowest BCUT2D eigenvalue weighted by Crippen LogP contribution is -2.29. The fourth-order valence-electron chi connectivity index (χ4n) is 5.19. The molecule has 3 aromatic rings. The lowest BCUT2D eigenvalue weighted by atomic mass is 9.88. The van der Waals surface area contributed by atoms with Gasteiger partial charge in [-0.2, -0.15) is 0 Å². The van der Waals surface area contributed by atoms with Crippen molar-refractivity contribution in [3.05, 3.63) is 94.6 Å². The Balaban J connectivity index is 1.63. The lowest BCUT2D eigenvalue weighted by Gasteiger charge is -2.26. The molecule has 6 nitrogen and oxygen atoms in total. The number of benzene rings is 3. The Labute approximate surface area is 217 Å². The normalized spacial score (nSPS) is 18.7. The maximum Gasteiger partial charge on any atom is 0.300 e. The van der Waals surface area contributed by atoms with Crippen molar-refractivity contribution >= 4 is 23.1 Å². The summed E-state index contributed by atoms with van der Waals surface area (Å²) in [5, 5.41) is 11.5. The molecule has 0 saturated carbocycles. The molecular weight excluding hydrogens is 466 g/mol. The van der Waals surface area contributed by atoms with E-state index in [1.807, 2.05) is 44.2 Å². The summed E-state index contributed by atoms with van der Waals surface area (Å²) >= 11 is 0. The van der Waals surface area contributed by atoms with E-state index >= 15 is 0 Å². The third-order valence-corrected chi connectivity index (χ3v) is 6.98. The van der Waals surface area contributed by atoms with Gasteiger partial charge in [0.25, 0.3) is 11.7 Å². The van der Waals surface area contributed by atoms with Gasteiger partial charge >= 0.3 is 0 Å². The maximum absolute atomic E-state index is 13.5. The Kier molecular flexibility index (Phi) is 6.74. The molecule has 1 unspecified atom stereocenters. The molecule has 1 aliphatic heterocycles. The number of amides is 1. The number of aryl methyl sites for hydroxylation is 2. The molecule has 0 spiro atoms. The molecule has 6 heteroatoms. The predicted octanol–water partition coefficient (Wildman–Crippen LogP) is 5.99. The van der Waals surface area contributed by atoms with Crippen LogP contribution in [0.3, 0.4) is 0 Å². The van der Waals surface area contributed by atoms with Gasteiger partial charge in [0, 0.05) is 11.3 Å². The fraction of sp³-hybridized carbons (Fsp3) is 0.290. The van der Waals surface area contributed by atoms with Crippen molar-refractivity contribution in [1.82, 2.24) is 0 Å².